The second-order valence-electron chi connectivity index (χ2n) is 5.92. The van der Waals surface area contributed by atoms with E-state index < -0.39 is 16.0 Å². The number of esters is 1. The summed E-state index contributed by atoms with van der Waals surface area (Å²) in [6.45, 7) is 2.22. The summed E-state index contributed by atoms with van der Waals surface area (Å²) < 4.78 is 32.6. The summed E-state index contributed by atoms with van der Waals surface area (Å²) in [4.78, 5) is 12.6. The van der Waals surface area contributed by atoms with Crippen LogP contribution in [0.5, 0.6) is 0 Å². The third-order valence-electron chi connectivity index (χ3n) is 3.86. The van der Waals surface area contributed by atoms with E-state index in [1.807, 2.05) is 47.9 Å². The van der Waals surface area contributed by atoms with Crippen LogP contribution in [0.4, 0.5) is 5.69 Å². The van der Waals surface area contributed by atoms with Crippen molar-refractivity contribution in [2.75, 3.05) is 17.6 Å². The van der Waals surface area contributed by atoms with Gasteiger partial charge in [-0.1, -0.05) is 25.1 Å². The number of carbonyl (C=O) groups excluding carboxylic acids is 1. The molecule has 7 heteroatoms. The van der Waals surface area contributed by atoms with Crippen molar-refractivity contribution in [2.45, 2.75) is 13.3 Å². The van der Waals surface area contributed by atoms with Crippen LogP contribution in [0.25, 0.3) is 16.4 Å². The Labute approximate surface area is 152 Å². The maximum atomic E-state index is 12.6. The predicted octanol–water partition coefficient (Wildman–Crippen LogP) is 3.59. The number of benzene rings is 1. The second-order valence-corrected chi connectivity index (χ2v) is 7.66. The van der Waals surface area contributed by atoms with Gasteiger partial charge in [0, 0.05) is 11.6 Å². The zero-order valence-electron chi connectivity index (χ0n) is 14.6. The molecule has 3 aromatic rings. The lowest BCUT2D eigenvalue weighted by Gasteiger charge is -2.04. The van der Waals surface area contributed by atoms with Crippen LogP contribution in [0.2, 0.25) is 0 Å². The number of pyridine rings is 1. The van der Waals surface area contributed by atoms with Crippen LogP contribution in [-0.4, -0.2) is 31.7 Å². The van der Waals surface area contributed by atoms with Crippen molar-refractivity contribution in [3.63, 3.8) is 0 Å². The van der Waals surface area contributed by atoms with Crippen molar-refractivity contribution >= 4 is 38.1 Å². The van der Waals surface area contributed by atoms with Crippen LogP contribution >= 0.6 is 0 Å². The number of hydrogen-bond acceptors (Lipinski definition) is 4. The van der Waals surface area contributed by atoms with Crippen LogP contribution < -0.4 is 4.72 Å². The molecule has 0 amide bonds. The maximum Gasteiger partial charge on any atom is 0.341 e. The van der Waals surface area contributed by atoms with Gasteiger partial charge >= 0.3 is 5.97 Å². The molecule has 0 saturated carbocycles. The summed E-state index contributed by atoms with van der Waals surface area (Å²) in [6.07, 6.45) is 7.56. The van der Waals surface area contributed by atoms with E-state index in [0.717, 1.165) is 18.2 Å². The number of hydrogen-bond donors (Lipinski definition) is 1. The average molecular weight is 372 g/mol. The fourth-order valence-corrected chi connectivity index (χ4v) is 3.42. The minimum atomic E-state index is -3.38. The Morgan fingerprint density at radius 3 is 2.73 bits per heavy atom. The van der Waals surface area contributed by atoms with Crippen molar-refractivity contribution in [1.82, 2.24) is 4.40 Å². The van der Waals surface area contributed by atoms with Gasteiger partial charge in [0.25, 0.3) is 0 Å². The van der Waals surface area contributed by atoms with Gasteiger partial charge in [-0.15, -0.1) is 0 Å². The molecule has 136 valence electrons. The number of allylic oxidation sites excluding steroid dienone is 1. The molecule has 1 aromatic carbocycles. The average Bonchev–Trinajstić information content (AvgIpc) is 2.91. The van der Waals surface area contributed by atoms with E-state index in [0.29, 0.717) is 22.2 Å². The van der Waals surface area contributed by atoms with E-state index in [9.17, 15) is 13.2 Å². The molecule has 0 radical (unpaired) electrons. The highest BCUT2D eigenvalue weighted by atomic mass is 32.2. The molecule has 0 unspecified atom stereocenters. The van der Waals surface area contributed by atoms with Crippen molar-refractivity contribution in [3.8, 4) is 0 Å². The summed E-state index contributed by atoms with van der Waals surface area (Å²) >= 11 is 0. The number of ether oxygens (including phenoxy) is 1. The van der Waals surface area contributed by atoms with E-state index in [2.05, 4.69) is 4.72 Å². The molecule has 2 heterocycles. The monoisotopic (exact) mass is 372 g/mol. The van der Waals surface area contributed by atoms with E-state index in [1.165, 1.54) is 0 Å². The Bertz CT molecular complexity index is 1100. The standard InChI is InChI=1S/C19H20N2O4S/c1-3-4-7-12-25-19(22)18-15-10-9-14(20-26(2,23)24)13-17(15)21-11-6-5-8-16(18)21/h4-11,13,20H,3,12H2,1-2H3/b7-4-. The minimum Gasteiger partial charge on any atom is -0.458 e. The molecule has 2 aromatic heterocycles. The molecule has 0 aliphatic heterocycles. The van der Waals surface area contributed by atoms with Crippen LogP contribution in [-0.2, 0) is 14.8 Å². The third-order valence-corrected chi connectivity index (χ3v) is 4.47. The molecule has 0 aliphatic rings. The highest BCUT2D eigenvalue weighted by Crippen LogP contribution is 2.29. The summed E-state index contributed by atoms with van der Waals surface area (Å²) in [5.74, 6) is -0.409. The van der Waals surface area contributed by atoms with E-state index in [4.69, 9.17) is 4.74 Å². The summed E-state index contributed by atoms with van der Waals surface area (Å²) in [5, 5.41) is 0.708. The van der Waals surface area contributed by atoms with Crippen LogP contribution in [0.15, 0.2) is 54.7 Å². The fraction of sp³-hybridized carbons (Fsp3) is 0.211. The molecular weight excluding hydrogens is 352 g/mol. The number of rotatable bonds is 6. The normalized spacial score (nSPS) is 12.1. The van der Waals surface area contributed by atoms with Crippen LogP contribution in [0, 0.1) is 0 Å². The molecular formula is C19H20N2O4S. The van der Waals surface area contributed by atoms with Crippen LogP contribution in [0.1, 0.15) is 23.7 Å². The highest BCUT2D eigenvalue weighted by Gasteiger charge is 2.19. The largest absolute Gasteiger partial charge is 0.458 e. The van der Waals surface area contributed by atoms with Crippen molar-refractivity contribution in [2.24, 2.45) is 0 Å². The summed E-state index contributed by atoms with van der Waals surface area (Å²) in [7, 11) is -3.38. The number of fused-ring (bicyclic) bond motifs is 3. The lowest BCUT2D eigenvalue weighted by atomic mass is 10.1. The zero-order valence-corrected chi connectivity index (χ0v) is 15.4. The van der Waals surface area contributed by atoms with Gasteiger partial charge in [0.15, 0.2) is 0 Å². The number of carbonyl (C=O) groups is 1. The number of anilines is 1. The van der Waals surface area contributed by atoms with Crippen molar-refractivity contribution in [1.29, 1.82) is 0 Å². The predicted molar refractivity (Wildman–Crippen MR) is 103 cm³/mol. The first-order valence-electron chi connectivity index (χ1n) is 8.23. The molecule has 0 fully saturated rings. The Hall–Kier alpha value is -2.80. The van der Waals surface area contributed by atoms with E-state index in [-0.39, 0.29) is 6.61 Å². The third kappa shape index (κ3) is 3.72. The van der Waals surface area contributed by atoms with Gasteiger partial charge in [0.2, 0.25) is 10.0 Å². The quantitative estimate of drug-likeness (QED) is 0.530. The molecule has 1 N–H and O–H groups in total. The van der Waals surface area contributed by atoms with Crippen molar-refractivity contribution < 1.29 is 17.9 Å². The molecule has 0 bridgehead atoms. The molecule has 0 aliphatic carbocycles. The minimum absolute atomic E-state index is 0.214. The smallest absolute Gasteiger partial charge is 0.341 e. The first kappa shape index (κ1) is 18.0. The van der Waals surface area contributed by atoms with Gasteiger partial charge in [-0.05, 0) is 36.8 Å². The summed E-state index contributed by atoms with van der Waals surface area (Å²) in [5.41, 5.74) is 2.35. The maximum absolute atomic E-state index is 12.6. The second kappa shape index (κ2) is 7.21. The number of aromatic nitrogens is 1. The van der Waals surface area contributed by atoms with Crippen LogP contribution in [0.3, 0.4) is 0 Å². The molecule has 0 atom stereocenters. The van der Waals surface area contributed by atoms with Gasteiger partial charge in [-0.2, -0.15) is 0 Å². The lowest BCUT2D eigenvalue weighted by Crippen LogP contribution is -2.09. The first-order valence-corrected chi connectivity index (χ1v) is 10.1. The van der Waals surface area contributed by atoms with Gasteiger partial charge in [0.05, 0.1) is 28.5 Å². The fourth-order valence-electron chi connectivity index (χ4n) is 2.86. The number of sulfonamides is 1. The topological polar surface area (TPSA) is 76.9 Å². The first-order chi connectivity index (χ1) is 12.4. The SMILES string of the molecule is CC/C=C\COC(=O)c1c2ccc(NS(C)(=O)=O)cc2n2ccccc12. The number of nitrogens with one attached hydrogen (secondary N) is 1. The van der Waals surface area contributed by atoms with Crippen molar-refractivity contribution in [3.05, 3.63) is 60.3 Å². The van der Waals surface area contributed by atoms with Gasteiger partial charge in [-0.25, -0.2) is 13.2 Å². The molecule has 3 rings (SSSR count). The van der Waals surface area contributed by atoms with Gasteiger partial charge in [-0.3, -0.25) is 4.72 Å². The lowest BCUT2D eigenvalue weighted by molar-refractivity contribution is 0.0554. The Morgan fingerprint density at radius 1 is 1.19 bits per heavy atom. The Morgan fingerprint density at radius 2 is 2.00 bits per heavy atom. The van der Waals surface area contributed by atoms with Gasteiger partial charge < -0.3 is 9.14 Å². The molecule has 0 spiro atoms. The Kier molecular flexibility index (Phi) is 4.99. The Balaban J connectivity index is 2.10. The van der Waals surface area contributed by atoms with E-state index >= 15 is 0 Å². The molecule has 6 nitrogen and oxygen atoms in total. The zero-order chi connectivity index (χ0) is 18.7. The molecule has 0 saturated heterocycles. The summed E-state index contributed by atoms with van der Waals surface area (Å²) in [6, 6.07) is 10.6. The number of nitrogens with zero attached hydrogens (tertiary/aromatic N) is 1. The van der Waals surface area contributed by atoms with E-state index in [1.54, 1.807) is 18.2 Å². The van der Waals surface area contributed by atoms with Gasteiger partial charge in [0.1, 0.15) is 6.61 Å². The highest BCUT2D eigenvalue weighted by molar-refractivity contribution is 7.92. The molecule has 26 heavy (non-hydrogen) atoms.